The zero-order valence-corrected chi connectivity index (χ0v) is 12.5. The molecule has 0 amide bonds. The average Bonchev–Trinajstić information content (AvgIpc) is 2.30. The molecule has 0 aromatic carbocycles. The molecule has 1 rings (SSSR count). The van der Waals surface area contributed by atoms with Gasteiger partial charge in [-0.25, -0.2) is 13.1 Å². The molecule has 0 aromatic rings. The molecule has 0 saturated heterocycles. The summed E-state index contributed by atoms with van der Waals surface area (Å²) in [5, 5.41) is -0.442. The molecule has 0 radical (unpaired) electrons. The number of rotatable bonds is 7. The van der Waals surface area contributed by atoms with Crippen LogP contribution in [0.3, 0.4) is 0 Å². The van der Waals surface area contributed by atoms with E-state index in [9.17, 15) is 8.42 Å². The van der Waals surface area contributed by atoms with Gasteiger partial charge in [0.2, 0.25) is 10.0 Å². The Kier molecular flexibility index (Phi) is 6.60. The standard InChI is InChI=1S/C13H28N2O2S/c1-3-13(10-14)18(16,17)15-8-7-12-6-4-5-11(2)9-12/h11-13,15H,3-10,14H2,1-2H3. The van der Waals surface area contributed by atoms with Crippen molar-refractivity contribution in [2.24, 2.45) is 17.6 Å². The second-order valence-corrected chi connectivity index (χ2v) is 7.68. The minimum Gasteiger partial charge on any atom is -0.329 e. The highest BCUT2D eigenvalue weighted by molar-refractivity contribution is 7.90. The molecule has 0 bridgehead atoms. The molecule has 0 heterocycles. The van der Waals surface area contributed by atoms with E-state index in [0.29, 0.717) is 18.9 Å². The Morgan fingerprint density at radius 3 is 2.67 bits per heavy atom. The van der Waals surface area contributed by atoms with Crippen LogP contribution < -0.4 is 10.5 Å². The van der Waals surface area contributed by atoms with Crippen molar-refractivity contribution in [1.29, 1.82) is 0 Å². The lowest BCUT2D eigenvalue weighted by atomic mass is 9.81. The van der Waals surface area contributed by atoms with E-state index >= 15 is 0 Å². The van der Waals surface area contributed by atoms with Crippen LogP contribution in [0.25, 0.3) is 0 Å². The summed E-state index contributed by atoms with van der Waals surface area (Å²) >= 11 is 0. The summed E-state index contributed by atoms with van der Waals surface area (Å²) in [5.74, 6) is 1.49. The van der Waals surface area contributed by atoms with Crippen LogP contribution in [0.2, 0.25) is 0 Å². The zero-order valence-electron chi connectivity index (χ0n) is 11.7. The van der Waals surface area contributed by atoms with Gasteiger partial charge in [-0.05, 0) is 31.1 Å². The highest BCUT2D eigenvalue weighted by atomic mass is 32.2. The predicted octanol–water partition coefficient (Wildman–Crippen LogP) is 1.86. The number of hydrogen-bond acceptors (Lipinski definition) is 3. The van der Waals surface area contributed by atoms with Crippen molar-refractivity contribution in [2.75, 3.05) is 13.1 Å². The fourth-order valence-corrected chi connectivity index (χ4v) is 4.19. The van der Waals surface area contributed by atoms with Crippen LogP contribution in [-0.4, -0.2) is 26.8 Å². The quantitative estimate of drug-likeness (QED) is 0.745. The molecule has 1 aliphatic rings. The van der Waals surface area contributed by atoms with E-state index in [2.05, 4.69) is 11.6 Å². The van der Waals surface area contributed by atoms with Gasteiger partial charge < -0.3 is 5.73 Å². The molecule has 1 fully saturated rings. The van der Waals surface area contributed by atoms with E-state index < -0.39 is 15.3 Å². The number of nitrogens with two attached hydrogens (primary N) is 1. The van der Waals surface area contributed by atoms with Gasteiger partial charge in [0.25, 0.3) is 0 Å². The van der Waals surface area contributed by atoms with Crippen molar-refractivity contribution in [3.05, 3.63) is 0 Å². The second-order valence-electron chi connectivity index (χ2n) is 5.63. The molecule has 108 valence electrons. The zero-order chi connectivity index (χ0) is 13.6. The van der Waals surface area contributed by atoms with Crippen molar-refractivity contribution in [2.45, 2.75) is 57.6 Å². The van der Waals surface area contributed by atoms with E-state index in [1.54, 1.807) is 0 Å². The van der Waals surface area contributed by atoms with Crippen molar-refractivity contribution in [3.8, 4) is 0 Å². The fraction of sp³-hybridized carbons (Fsp3) is 1.00. The maximum absolute atomic E-state index is 11.9. The molecule has 3 atom stereocenters. The van der Waals surface area contributed by atoms with E-state index in [1.165, 1.54) is 25.7 Å². The summed E-state index contributed by atoms with van der Waals surface area (Å²) in [5.41, 5.74) is 5.48. The molecule has 1 saturated carbocycles. The lowest BCUT2D eigenvalue weighted by molar-refractivity contribution is 0.271. The molecule has 3 N–H and O–H groups in total. The van der Waals surface area contributed by atoms with Gasteiger partial charge in [0, 0.05) is 13.1 Å². The third-order valence-electron chi connectivity index (χ3n) is 4.06. The maximum Gasteiger partial charge on any atom is 0.215 e. The third-order valence-corrected chi connectivity index (χ3v) is 6.07. The lowest BCUT2D eigenvalue weighted by Crippen LogP contribution is -2.39. The van der Waals surface area contributed by atoms with Gasteiger partial charge in [0.05, 0.1) is 5.25 Å². The van der Waals surface area contributed by atoms with Gasteiger partial charge in [-0.1, -0.05) is 33.1 Å². The van der Waals surface area contributed by atoms with Gasteiger partial charge in [-0.3, -0.25) is 0 Å². The SMILES string of the molecule is CCC(CN)S(=O)(=O)NCCC1CCCC(C)C1. The maximum atomic E-state index is 11.9. The van der Waals surface area contributed by atoms with Crippen LogP contribution in [-0.2, 0) is 10.0 Å². The Morgan fingerprint density at radius 2 is 2.11 bits per heavy atom. The van der Waals surface area contributed by atoms with Gasteiger partial charge in [0.1, 0.15) is 0 Å². The summed E-state index contributed by atoms with van der Waals surface area (Å²) in [4.78, 5) is 0. The molecule has 0 aromatic heterocycles. The first-order chi connectivity index (χ1) is 8.49. The summed E-state index contributed by atoms with van der Waals surface area (Å²) in [7, 11) is -3.21. The van der Waals surface area contributed by atoms with Crippen molar-refractivity contribution in [3.63, 3.8) is 0 Å². The Balaban J connectivity index is 2.32. The van der Waals surface area contributed by atoms with E-state index in [1.807, 2.05) is 6.92 Å². The van der Waals surface area contributed by atoms with Crippen LogP contribution in [0.15, 0.2) is 0 Å². The number of hydrogen-bond donors (Lipinski definition) is 2. The average molecular weight is 276 g/mol. The summed E-state index contributed by atoms with van der Waals surface area (Å²) in [6.07, 6.45) is 6.65. The summed E-state index contributed by atoms with van der Waals surface area (Å²) in [6, 6.07) is 0. The van der Waals surface area contributed by atoms with E-state index in [4.69, 9.17) is 5.73 Å². The molecular weight excluding hydrogens is 248 g/mol. The first-order valence-electron chi connectivity index (χ1n) is 7.18. The molecule has 0 aliphatic heterocycles. The van der Waals surface area contributed by atoms with Gasteiger partial charge in [-0.15, -0.1) is 0 Å². The van der Waals surface area contributed by atoms with Crippen molar-refractivity contribution >= 4 is 10.0 Å². The molecule has 1 aliphatic carbocycles. The largest absolute Gasteiger partial charge is 0.329 e. The normalized spacial score (nSPS) is 27.1. The molecule has 0 spiro atoms. The Morgan fingerprint density at radius 1 is 1.39 bits per heavy atom. The third kappa shape index (κ3) is 4.86. The smallest absolute Gasteiger partial charge is 0.215 e. The highest BCUT2D eigenvalue weighted by Crippen LogP contribution is 2.30. The van der Waals surface area contributed by atoms with Crippen LogP contribution in [0, 0.1) is 11.8 Å². The van der Waals surface area contributed by atoms with Crippen LogP contribution >= 0.6 is 0 Å². The van der Waals surface area contributed by atoms with Gasteiger partial charge in [0.15, 0.2) is 0 Å². The minimum absolute atomic E-state index is 0.201. The molecular formula is C13H28N2O2S. The monoisotopic (exact) mass is 276 g/mol. The topological polar surface area (TPSA) is 72.2 Å². The molecule has 5 heteroatoms. The van der Waals surface area contributed by atoms with Crippen LogP contribution in [0.5, 0.6) is 0 Å². The van der Waals surface area contributed by atoms with Crippen LogP contribution in [0.4, 0.5) is 0 Å². The van der Waals surface area contributed by atoms with Gasteiger partial charge in [-0.2, -0.15) is 0 Å². The Labute approximate surface area is 112 Å². The van der Waals surface area contributed by atoms with E-state index in [0.717, 1.165) is 12.3 Å². The number of nitrogens with one attached hydrogen (secondary N) is 1. The molecule has 18 heavy (non-hydrogen) atoms. The number of sulfonamides is 1. The highest BCUT2D eigenvalue weighted by Gasteiger charge is 2.23. The first kappa shape index (κ1) is 15.9. The second kappa shape index (κ2) is 7.46. The first-order valence-corrected chi connectivity index (χ1v) is 8.72. The molecule has 3 unspecified atom stereocenters. The lowest BCUT2D eigenvalue weighted by Gasteiger charge is -2.26. The van der Waals surface area contributed by atoms with Crippen molar-refractivity contribution < 1.29 is 8.42 Å². The van der Waals surface area contributed by atoms with Gasteiger partial charge >= 0.3 is 0 Å². The Hall–Kier alpha value is -0.130. The van der Waals surface area contributed by atoms with Crippen LogP contribution in [0.1, 0.15) is 52.4 Å². The Bertz CT molecular complexity index is 326. The van der Waals surface area contributed by atoms with E-state index in [-0.39, 0.29) is 6.54 Å². The minimum atomic E-state index is -3.21. The fourth-order valence-electron chi connectivity index (χ4n) is 2.86. The predicted molar refractivity (Wildman–Crippen MR) is 75.8 cm³/mol. The van der Waals surface area contributed by atoms with Crippen molar-refractivity contribution in [1.82, 2.24) is 4.72 Å². The summed E-state index contributed by atoms with van der Waals surface area (Å²) in [6.45, 7) is 4.92. The summed E-state index contributed by atoms with van der Waals surface area (Å²) < 4.78 is 26.5. The molecule has 4 nitrogen and oxygen atoms in total.